The Kier molecular flexibility index (Phi) is 7.64. The molecule has 146 valence electrons. The largest absolute Gasteiger partial charge is 0.357 e. The highest BCUT2D eigenvalue weighted by Crippen LogP contribution is 2.25. The Labute approximate surface area is 161 Å². The lowest BCUT2D eigenvalue weighted by Gasteiger charge is -2.36. The molecule has 0 saturated carbocycles. The van der Waals surface area contributed by atoms with Crippen LogP contribution in [0.1, 0.15) is 26.3 Å². The van der Waals surface area contributed by atoms with E-state index in [2.05, 4.69) is 35.7 Å². The summed E-state index contributed by atoms with van der Waals surface area (Å²) in [5, 5.41) is 3.98. The van der Waals surface area contributed by atoms with E-state index in [4.69, 9.17) is 4.99 Å². The molecule has 1 atom stereocenters. The Morgan fingerprint density at radius 3 is 2.77 bits per heavy atom. The standard InChI is InChI=1S/C18H30N4O2S2/c1-5-19-18(22-10-11-25-17(13-22)14(2)3)20-12-15-8-6-7-9-16(15)21-26(4,23)24/h6-9,14,17,21H,5,10-13H2,1-4H3,(H,19,20). The molecule has 1 aliphatic heterocycles. The molecule has 2 N–H and O–H groups in total. The molecule has 6 nitrogen and oxygen atoms in total. The van der Waals surface area contributed by atoms with Gasteiger partial charge in [-0.25, -0.2) is 13.4 Å². The van der Waals surface area contributed by atoms with Crippen LogP contribution in [0, 0.1) is 5.92 Å². The summed E-state index contributed by atoms with van der Waals surface area (Å²) in [6.07, 6.45) is 1.16. The Morgan fingerprint density at radius 1 is 1.38 bits per heavy atom. The molecule has 0 bridgehead atoms. The van der Waals surface area contributed by atoms with E-state index < -0.39 is 10.0 Å². The van der Waals surface area contributed by atoms with Crippen molar-refractivity contribution in [2.75, 3.05) is 36.4 Å². The van der Waals surface area contributed by atoms with Crippen molar-refractivity contribution >= 4 is 33.4 Å². The number of guanidine groups is 1. The molecule has 0 spiro atoms. The van der Waals surface area contributed by atoms with E-state index in [-0.39, 0.29) is 0 Å². The second-order valence-electron chi connectivity index (χ2n) is 6.80. The second kappa shape index (κ2) is 9.50. The minimum atomic E-state index is -3.31. The number of sulfonamides is 1. The van der Waals surface area contributed by atoms with Gasteiger partial charge in [-0.15, -0.1) is 0 Å². The maximum Gasteiger partial charge on any atom is 0.229 e. The fraction of sp³-hybridized carbons (Fsp3) is 0.611. The minimum absolute atomic E-state index is 0.428. The molecular formula is C18H30N4O2S2. The van der Waals surface area contributed by atoms with E-state index in [1.54, 1.807) is 6.07 Å². The molecule has 1 aromatic rings. The first-order valence-corrected chi connectivity index (χ1v) is 11.9. The molecule has 0 aliphatic carbocycles. The maximum absolute atomic E-state index is 11.6. The molecule has 2 rings (SSSR count). The van der Waals surface area contributed by atoms with E-state index in [9.17, 15) is 8.42 Å². The molecule has 1 fully saturated rings. The number of thioether (sulfide) groups is 1. The lowest BCUT2D eigenvalue weighted by atomic mass is 10.1. The topological polar surface area (TPSA) is 73.8 Å². The first kappa shape index (κ1) is 20.9. The summed E-state index contributed by atoms with van der Waals surface area (Å²) in [6, 6.07) is 7.40. The molecule has 1 aliphatic rings. The van der Waals surface area contributed by atoms with Crippen molar-refractivity contribution in [3.8, 4) is 0 Å². The number of para-hydroxylation sites is 1. The van der Waals surface area contributed by atoms with Gasteiger partial charge in [0.25, 0.3) is 0 Å². The van der Waals surface area contributed by atoms with E-state index >= 15 is 0 Å². The molecule has 26 heavy (non-hydrogen) atoms. The van der Waals surface area contributed by atoms with Crippen LogP contribution in [0.3, 0.4) is 0 Å². The number of rotatable bonds is 6. The molecule has 0 aromatic heterocycles. The summed E-state index contributed by atoms with van der Waals surface area (Å²) < 4.78 is 25.7. The Bertz CT molecular complexity index is 720. The SMILES string of the molecule is CCNC(=NCc1ccccc1NS(C)(=O)=O)N1CCSC(C(C)C)C1. The summed E-state index contributed by atoms with van der Waals surface area (Å²) in [7, 11) is -3.31. The van der Waals surface area contributed by atoms with Gasteiger partial charge < -0.3 is 10.2 Å². The third-order valence-electron chi connectivity index (χ3n) is 4.18. The number of nitrogens with zero attached hydrogens (tertiary/aromatic N) is 2. The van der Waals surface area contributed by atoms with E-state index in [1.807, 2.05) is 30.0 Å². The van der Waals surface area contributed by atoms with Gasteiger partial charge in [0.1, 0.15) is 0 Å². The van der Waals surface area contributed by atoms with Crippen molar-refractivity contribution in [1.82, 2.24) is 10.2 Å². The van der Waals surface area contributed by atoms with Crippen molar-refractivity contribution < 1.29 is 8.42 Å². The predicted molar refractivity (Wildman–Crippen MR) is 112 cm³/mol. The molecule has 1 heterocycles. The summed E-state index contributed by atoms with van der Waals surface area (Å²) in [5.74, 6) is 2.62. The second-order valence-corrected chi connectivity index (χ2v) is 9.90. The van der Waals surface area contributed by atoms with Crippen LogP contribution in [0.15, 0.2) is 29.3 Å². The summed E-state index contributed by atoms with van der Waals surface area (Å²) >= 11 is 2.03. The summed E-state index contributed by atoms with van der Waals surface area (Å²) in [5.41, 5.74) is 1.45. The Morgan fingerprint density at radius 2 is 2.12 bits per heavy atom. The Hall–Kier alpha value is -1.41. The van der Waals surface area contributed by atoms with Gasteiger partial charge in [0.2, 0.25) is 10.0 Å². The maximum atomic E-state index is 11.6. The fourth-order valence-corrected chi connectivity index (χ4v) is 4.71. The van der Waals surface area contributed by atoms with Gasteiger partial charge in [-0.2, -0.15) is 11.8 Å². The van der Waals surface area contributed by atoms with Crippen molar-refractivity contribution in [2.24, 2.45) is 10.9 Å². The zero-order valence-electron chi connectivity index (χ0n) is 16.0. The number of anilines is 1. The predicted octanol–water partition coefficient (Wildman–Crippen LogP) is 2.60. The first-order valence-electron chi connectivity index (χ1n) is 9.00. The lowest BCUT2D eigenvalue weighted by molar-refractivity contribution is 0.381. The normalized spacial score (nSPS) is 18.9. The van der Waals surface area contributed by atoms with Crippen molar-refractivity contribution in [3.05, 3.63) is 29.8 Å². The molecule has 0 amide bonds. The quantitative estimate of drug-likeness (QED) is 0.569. The van der Waals surface area contributed by atoms with Crippen LogP contribution >= 0.6 is 11.8 Å². The zero-order chi connectivity index (χ0) is 19.2. The fourth-order valence-electron chi connectivity index (χ4n) is 2.81. The average molecular weight is 399 g/mol. The van der Waals surface area contributed by atoms with Gasteiger partial charge in [-0.3, -0.25) is 4.72 Å². The molecule has 8 heteroatoms. The van der Waals surface area contributed by atoms with Crippen LogP contribution in [0.4, 0.5) is 5.69 Å². The lowest BCUT2D eigenvalue weighted by Crippen LogP contribution is -2.49. The molecule has 1 saturated heterocycles. The molecule has 1 aromatic carbocycles. The van der Waals surface area contributed by atoms with E-state index in [0.29, 0.717) is 23.4 Å². The van der Waals surface area contributed by atoms with E-state index in [0.717, 1.165) is 43.2 Å². The van der Waals surface area contributed by atoms with Crippen LogP contribution in [0.5, 0.6) is 0 Å². The third kappa shape index (κ3) is 6.39. The molecule has 1 unspecified atom stereocenters. The number of aliphatic imine (C=N–C) groups is 1. The van der Waals surface area contributed by atoms with Gasteiger partial charge >= 0.3 is 0 Å². The van der Waals surface area contributed by atoms with Crippen molar-refractivity contribution in [1.29, 1.82) is 0 Å². The van der Waals surface area contributed by atoms with Crippen molar-refractivity contribution in [2.45, 2.75) is 32.6 Å². The number of hydrogen-bond donors (Lipinski definition) is 2. The van der Waals surface area contributed by atoms with E-state index in [1.165, 1.54) is 0 Å². The van der Waals surface area contributed by atoms with Crippen LogP contribution in [0.2, 0.25) is 0 Å². The summed E-state index contributed by atoms with van der Waals surface area (Å²) in [4.78, 5) is 7.10. The Balaban J connectivity index is 2.17. The van der Waals surface area contributed by atoms with Crippen LogP contribution in [-0.2, 0) is 16.6 Å². The first-order chi connectivity index (χ1) is 12.3. The van der Waals surface area contributed by atoms with Crippen molar-refractivity contribution in [3.63, 3.8) is 0 Å². The smallest absolute Gasteiger partial charge is 0.229 e. The van der Waals surface area contributed by atoms with Gasteiger partial charge in [0, 0.05) is 30.6 Å². The minimum Gasteiger partial charge on any atom is -0.357 e. The van der Waals surface area contributed by atoms with Crippen LogP contribution < -0.4 is 10.0 Å². The molecule has 0 radical (unpaired) electrons. The van der Waals surface area contributed by atoms with Crippen LogP contribution in [-0.4, -0.2) is 56.2 Å². The van der Waals surface area contributed by atoms with Crippen LogP contribution in [0.25, 0.3) is 0 Å². The third-order valence-corrected chi connectivity index (χ3v) is 6.31. The highest BCUT2D eigenvalue weighted by molar-refractivity contribution is 8.00. The number of hydrogen-bond acceptors (Lipinski definition) is 4. The monoisotopic (exact) mass is 398 g/mol. The summed E-state index contributed by atoms with van der Waals surface area (Å²) in [6.45, 7) is 9.78. The average Bonchev–Trinajstić information content (AvgIpc) is 2.58. The highest BCUT2D eigenvalue weighted by atomic mass is 32.2. The van der Waals surface area contributed by atoms with Gasteiger partial charge in [0.15, 0.2) is 5.96 Å². The highest BCUT2D eigenvalue weighted by Gasteiger charge is 2.24. The van der Waals surface area contributed by atoms with Gasteiger partial charge in [0.05, 0.1) is 18.5 Å². The zero-order valence-corrected chi connectivity index (χ0v) is 17.7. The molecular weight excluding hydrogens is 368 g/mol. The van der Waals surface area contributed by atoms with Gasteiger partial charge in [-0.1, -0.05) is 32.0 Å². The van der Waals surface area contributed by atoms with Gasteiger partial charge in [-0.05, 0) is 24.5 Å². The number of nitrogens with one attached hydrogen (secondary N) is 2. The number of benzene rings is 1.